The highest BCUT2D eigenvalue weighted by molar-refractivity contribution is 7.89. The van der Waals surface area contributed by atoms with Crippen LogP contribution in [0.25, 0.3) is 0 Å². The van der Waals surface area contributed by atoms with E-state index in [9.17, 15) is 13.2 Å². The lowest BCUT2D eigenvalue weighted by molar-refractivity contribution is -0.120. The van der Waals surface area contributed by atoms with Gasteiger partial charge in [0.25, 0.3) is 0 Å². The molecule has 0 fully saturated rings. The summed E-state index contributed by atoms with van der Waals surface area (Å²) in [6, 6.07) is 8.45. The molecule has 112 valence electrons. The van der Waals surface area contributed by atoms with E-state index >= 15 is 0 Å². The number of amides is 1. The molecule has 7 heteroatoms. The number of thiophene rings is 1. The van der Waals surface area contributed by atoms with Gasteiger partial charge in [-0.1, -0.05) is 29.8 Å². The topological polar surface area (TPSA) is 63.2 Å². The summed E-state index contributed by atoms with van der Waals surface area (Å²) in [5, 5.41) is 4.03. The Balaban J connectivity index is 2.07. The van der Waals surface area contributed by atoms with Crippen molar-refractivity contribution in [2.24, 2.45) is 0 Å². The average Bonchev–Trinajstić information content (AvgIpc) is 2.93. The zero-order valence-electron chi connectivity index (χ0n) is 11.2. The Morgan fingerprint density at radius 2 is 2.05 bits per heavy atom. The molecular weight excluding hydrogens is 330 g/mol. The zero-order valence-corrected chi connectivity index (χ0v) is 13.6. The summed E-state index contributed by atoms with van der Waals surface area (Å²) >= 11 is 7.40. The molecule has 1 atom stereocenters. The van der Waals surface area contributed by atoms with Gasteiger partial charge in [-0.15, -0.1) is 0 Å². The van der Waals surface area contributed by atoms with Crippen LogP contribution in [-0.4, -0.2) is 14.3 Å². The van der Waals surface area contributed by atoms with Crippen LogP contribution in [0.4, 0.5) is 0 Å². The molecule has 0 aliphatic carbocycles. The largest absolute Gasteiger partial charge is 0.273 e. The van der Waals surface area contributed by atoms with Gasteiger partial charge in [-0.05, 0) is 40.9 Å². The van der Waals surface area contributed by atoms with E-state index in [1.165, 1.54) is 11.3 Å². The summed E-state index contributed by atoms with van der Waals surface area (Å²) < 4.78 is 26.2. The molecule has 1 aromatic heterocycles. The standard InChI is InChI=1S/C14H14ClNO3S2/c1-10(11-6-7-20-8-11)14(17)16-21(18,19)9-12-4-2-3-5-13(12)15/h2-8,10H,9H2,1H3,(H,16,17)/t10-/m1/s1. The summed E-state index contributed by atoms with van der Waals surface area (Å²) in [6.07, 6.45) is 0. The fourth-order valence-corrected chi connectivity index (χ4v) is 4.02. The third-order valence-corrected chi connectivity index (χ3v) is 5.27. The molecule has 1 aromatic carbocycles. The summed E-state index contributed by atoms with van der Waals surface area (Å²) in [5.41, 5.74) is 1.26. The van der Waals surface area contributed by atoms with Crippen molar-refractivity contribution in [1.29, 1.82) is 0 Å². The highest BCUT2D eigenvalue weighted by Crippen LogP contribution is 2.20. The second-order valence-corrected chi connectivity index (χ2v) is 7.50. The minimum Gasteiger partial charge on any atom is -0.273 e. The van der Waals surface area contributed by atoms with Crippen molar-refractivity contribution in [2.45, 2.75) is 18.6 Å². The van der Waals surface area contributed by atoms with Crippen molar-refractivity contribution in [3.63, 3.8) is 0 Å². The second kappa shape index (κ2) is 6.60. The van der Waals surface area contributed by atoms with Crippen molar-refractivity contribution in [3.8, 4) is 0 Å². The maximum Gasteiger partial charge on any atom is 0.240 e. The molecule has 0 saturated heterocycles. The van der Waals surface area contributed by atoms with Crippen LogP contribution in [0.2, 0.25) is 5.02 Å². The van der Waals surface area contributed by atoms with Gasteiger partial charge in [0, 0.05) is 5.02 Å². The van der Waals surface area contributed by atoms with Crippen molar-refractivity contribution < 1.29 is 13.2 Å². The molecule has 1 heterocycles. The molecule has 21 heavy (non-hydrogen) atoms. The summed E-state index contributed by atoms with van der Waals surface area (Å²) in [5.74, 6) is -1.38. The van der Waals surface area contributed by atoms with E-state index in [1.54, 1.807) is 37.3 Å². The minimum atomic E-state index is -3.77. The third-order valence-electron chi connectivity index (χ3n) is 3.00. The predicted octanol–water partition coefficient (Wildman–Crippen LogP) is 3.15. The number of hydrogen-bond acceptors (Lipinski definition) is 4. The quantitative estimate of drug-likeness (QED) is 0.907. The Morgan fingerprint density at radius 1 is 1.33 bits per heavy atom. The first-order valence-corrected chi connectivity index (χ1v) is 9.16. The molecule has 1 amide bonds. The van der Waals surface area contributed by atoms with Gasteiger partial charge in [-0.3, -0.25) is 9.52 Å². The van der Waals surface area contributed by atoms with Crippen molar-refractivity contribution in [1.82, 2.24) is 4.72 Å². The van der Waals surface area contributed by atoms with Crippen LogP contribution >= 0.6 is 22.9 Å². The molecule has 0 aliphatic rings. The molecule has 2 rings (SSSR count). The van der Waals surface area contributed by atoms with Gasteiger partial charge in [0.15, 0.2) is 0 Å². The van der Waals surface area contributed by atoms with E-state index in [4.69, 9.17) is 11.6 Å². The van der Waals surface area contributed by atoms with E-state index in [2.05, 4.69) is 4.72 Å². The van der Waals surface area contributed by atoms with E-state index in [-0.39, 0.29) is 5.75 Å². The van der Waals surface area contributed by atoms with E-state index in [0.29, 0.717) is 10.6 Å². The van der Waals surface area contributed by atoms with Gasteiger partial charge in [0.05, 0.1) is 11.7 Å². The molecule has 0 unspecified atom stereocenters. The van der Waals surface area contributed by atoms with Gasteiger partial charge < -0.3 is 0 Å². The van der Waals surface area contributed by atoms with Crippen molar-refractivity contribution in [3.05, 3.63) is 57.2 Å². The first kappa shape index (κ1) is 16.0. The Morgan fingerprint density at radius 3 is 2.67 bits per heavy atom. The molecule has 1 N–H and O–H groups in total. The highest BCUT2D eigenvalue weighted by Gasteiger charge is 2.22. The minimum absolute atomic E-state index is 0.325. The number of rotatable bonds is 5. The van der Waals surface area contributed by atoms with Crippen LogP contribution in [-0.2, 0) is 20.6 Å². The van der Waals surface area contributed by atoms with Crippen molar-refractivity contribution in [2.75, 3.05) is 0 Å². The van der Waals surface area contributed by atoms with Crippen LogP contribution in [0, 0.1) is 0 Å². The SMILES string of the molecule is C[C@@H](C(=O)NS(=O)(=O)Cc1ccccc1Cl)c1ccsc1. The van der Waals surface area contributed by atoms with E-state index in [0.717, 1.165) is 5.56 Å². The van der Waals surface area contributed by atoms with Gasteiger partial charge in [0.1, 0.15) is 0 Å². The van der Waals surface area contributed by atoms with Crippen molar-refractivity contribution >= 4 is 38.9 Å². The molecule has 0 aliphatic heterocycles. The van der Waals surface area contributed by atoms with Gasteiger partial charge >= 0.3 is 0 Å². The van der Waals surface area contributed by atoms with Gasteiger partial charge in [-0.2, -0.15) is 11.3 Å². The molecule has 0 saturated carbocycles. The normalized spacial score (nSPS) is 12.9. The van der Waals surface area contributed by atoms with E-state index in [1.807, 2.05) is 10.8 Å². The lowest BCUT2D eigenvalue weighted by atomic mass is 10.1. The fraction of sp³-hybridized carbons (Fsp3) is 0.214. The predicted molar refractivity (Wildman–Crippen MR) is 85.0 cm³/mol. The Bertz CT molecular complexity index is 726. The molecular formula is C14H14ClNO3S2. The lowest BCUT2D eigenvalue weighted by Gasteiger charge is -2.12. The van der Waals surface area contributed by atoms with E-state index < -0.39 is 21.8 Å². The Kier molecular flexibility index (Phi) is 5.03. The number of halogens is 1. The molecule has 0 radical (unpaired) electrons. The molecule has 2 aromatic rings. The number of carbonyl (C=O) groups is 1. The average molecular weight is 344 g/mol. The Labute approximate surface area is 132 Å². The van der Waals surface area contributed by atoms with Crippen LogP contribution < -0.4 is 4.72 Å². The van der Waals surface area contributed by atoms with Crippen LogP contribution in [0.5, 0.6) is 0 Å². The monoisotopic (exact) mass is 343 g/mol. The number of sulfonamides is 1. The van der Waals surface area contributed by atoms with Crippen LogP contribution in [0.3, 0.4) is 0 Å². The first-order valence-electron chi connectivity index (χ1n) is 6.19. The summed E-state index contributed by atoms with van der Waals surface area (Å²) in [7, 11) is -3.77. The molecule has 0 spiro atoms. The number of benzene rings is 1. The number of hydrogen-bond donors (Lipinski definition) is 1. The fourth-order valence-electron chi connectivity index (χ4n) is 1.77. The van der Waals surface area contributed by atoms with Crippen LogP contribution in [0.15, 0.2) is 41.1 Å². The maximum atomic E-state index is 12.0. The van der Waals surface area contributed by atoms with Gasteiger partial charge in [-0.25, -0.2) is 8.42 Å². The smallest absolute Gasteiger partial charge is 0.240 e. The number of carbonyl (C=O) groups excluding carboxylic acids is 1. The Hall–Kier alpha value is -1.37. The molecule has 4 nitrogen and oxygen atoms in total. The maximum absolute atomic E-state index is 12.0. The lowest BCUT2D eigenvalue weighted by Crippen LogP contribution is -2.34. The summed E-state index contributed by atoms with van der Waals surface area (Å²) in [4.78, 5) is 12.0. The zero-order chi connectivity index (χ0) is 15.5. The second-order valence-electron chi connectivity index (χ2n) is 4.60. The highest BCUT2D eigenvalue weighted by atomic mass is 35.5. The third kappa shape index (κ3) is 4.30. The molecule has 0 bridgehead atoms. The summed E-state index contributed by atoms with van der Waals surface area (Å²) in [6.45, 7) is 1.67. The van der Waals surface area contributed by atoms with Crippen LogP contribution in [0.1, 0.15) is 24.0 Å². The number of nitrogens with one attached hydrogen (secondary N) is 1. The van der Waals surface area contributed by atoms with Gasteiger partial charge in [0.2, 0.25) is 15.9 Å². The first-order chi connectivity index (χ1) is 9.89.